The molecule has 2 aliphatic heterocycles. The predicted octanol–water partition coefficient (Wildman–Crippen LogP) is 1.90. The molecule has 0 saturated carbocycles. The molecule has 4 rings (SSSR count). The van der Waals surface area contributed by atoms with Crippen LogP contribution in [0.25, 0.3) is 0 Å². The first-order valence-electron chi connectivity index (χ1n) is 9.28. The third-order valence-corrected chi connectivity index (χ3v) is 5.25. The zero-order valence-electron chi connectivity index (χ0n) is 14.5. The van der Waals surface area contributed by atoms with E-state index in [9.17, 15) is 4.79 Å². The molecule has 1 amide bonds. The van der Waals surface area contributed by atoms with E-state index in [0.717, 1.165) is 50.5 Å². The summed E-state index contributed by atoms with van der Waals surface area (Å²) in [6.07, 6.45) is 5.34. The molecule has 0 aliphatic carbocycles. The number of nitrogens with one attached hydrogen (secondary N) is 1. The highest BCUT2D eigenvalue weighted by Gasteiger charge is 2.30. The van der Waals surface area contributed by atoms with Gasteiger partial charge in [-0.1, -0.05) is 30.3 Å². The van der Waals surface area contributed by atoms with Crippen LogP contribution in [0.4, 0.5) is 0 Å². The zero-order chi connectivity index (χ0) is 17.1. The minimum absolute atomic E-state index is 0.0380. The zero-order valence-corrected chi connectivity index (χ0v) is 14.5. The summed E-state index contributed by atoms with van der Waals surface area (Å²) in [4.78, 5) is 15.0. The third kappa shape index (κ3) is 3.58. The Hall–Kier alpha value is -2.21. The Morgan fingerprint density at radius 3 is 2.88 bits per heavy atom. The summed E-state index contributed by atoms with van der Waals surface area (Å²) < 4.78 is 2.17. The number of fused-ring (bicyclic) bond motifs is 1. The molecule has 132 valence electrons. The van der Waals surface area contributed by atoms with Gasteiger partial charge < -0.3 is 9.88 Å². The summed E-state index contributed by atoms with van der Waals surface area (Å²) in [6, 6.07) is 10.3. The van der Waals surface area contributed by atoms with Crippen molar-refractivity contribution >= 4 is 5.91 Å². The summed E-state index contributed by atoms with van der Waals surface area (Å²) in [5.74, 6) is 2.05. The van der Waals surface area contributed by atoms with E-state index in [4.69, 9.17) is 0 Å². The molecule has 0 unspecified atom stereocenters. The Balaban J connectivity index is 1.36. The molecule has 1 atom stereocenters. The summed E-state index contributed by atoms with van der Waals surface area (Å²) in [5.41, 5.74) is 1.26. The number of amides is 1. The van der Waals surface area contributed by atoms with E-state index in [1.807, 2.05) is 6.07 Å². The fraction of sp³-hybridized carbons (Fsp3) is 0.526. The molecular formula is C19H25N5O. The average molecular weight is 339 g/mol. The number of aryl methyl sites for hydroxylation is 1. The number of hydrogen-bond acceptors (Lipinski definition) is 4. The van der Waals surface area contributed by atoms with Crippen LogP contribution in [0.1, 0.15) is 42.9 Å². The smallest absolute Gasteiger partial charge is 0.237 e. The molecule has 25 heavy (non-hydrogen) atoms. The number of aromatic nitrogens is 3. The molecule has 0 spiro atoms. The van der Waals surface area contributed by atoms with E-state index in [0.29, 0.717) is 6.54 Å². The molecule has 2 aromatic rings. The Morgan fingerprint density at radius 2 is 2.00 bits per heavy atom. The van der Waals surface area contributed by atoms with E-state index in [1.54, 1.807) is 0 Å². The van der Waals surface area contributed by atoms with E-state index in [2.05, 4.69) is 49.2 Å². The minimum Gasteiger partial charge on any atom is -0.347 e. The van der Waals surface area contributed by atoms with Gasteiger partial charge in [0.2, 0.25) is 5.91 Å². The number of benzene rings is 1. The molecule has 1 fully saturated rings. The van der Waals surface area contributed by atoms with Gasteiger partial charge in [0, 0.05) is 19.5 Å². The van der Waals surface area contributed by atoms with Crippen molar-refractivity contribution in [3.05, 3.63) is 47.5 Å². The molecule has 1 aromatic heterocycles. The molecule has 1 saturated heterocycles. The average Bonchev–Trinajstić information content (AvgIpc) is 3.27. The summed E-state index contributed by atoms with van der Waals surface area (Å²) >= 11 is 0. The first-order valence-corrected chi connectivity index (χ1v) is 9.28. The van der Waals surface area contributed by atoms with Gasteiger partial charge in [0.05, 0.1) is 12.6 Å². The van der Waals surface area contributed by atoms with Crippen molar-refractivity contribution in [1.29, 1.82) is 0 Å². The fourth-order valence-electron chi connectivity index (χ4n) is 3.91. The number of likely N-dealkylation sites (tertiary alicyclic amines) is 1. The highest BCUT2D eigenvalue weighted by molar-refractivity contribution is 5.81. The van der Waals surface area contributed by atoms with Gasteiger partial charge in [-0.05, 0) is 37.8 Å². The quantitative estimate of drug-likeness (QED) is 0.904. The van der Waals surface area contributed by atoms with Crippen molar-refractivity contribution < 1.29 is 4.79 Å². The van der Waals surface area contributed by atoms with Crippen molar-refractivity contribution in [3.8, 4) is 0 Å². The Kier molecular flexibility index (Phi) is 4.78. The van der Waals surface area contributed by atoms with Crippen LogP contribution in [0.15, 0.2) is 30.3 Å². The SMILES string of the molecule is O=C(NCc1nnc2n1CCCC2)[C@H]1CCCN1Cc1ccccc1. The molecule has 1 N–H and O–H groups in total. The fourth-order valence-corrected chi connectivity index (χ4v) is 3.91. The largest absolute Gasteiger partial charge is 0.347 e. The highest BCUT2D eigenvalue weighted by atomic mass is 16.2. The molecule has 2 aliphatic rings. The van der Waals surface area contributed by atoms with Gasteiger partial charge in [-0.15, -0.1) is 10.2 Å². The van der Waals surface area contributed by atoms with Crippen LogP contribution in [0, 0.1) is 0 Å². The lowest BCUT2D eigenvalue weighted by atomic mass is 10.1. The minimum atomic E-state index is -0.0380. The van der Waals surface area contributed by atoms with Crippen LogP contribution in [-0.2, 0) is 30.8 Å². The number of nitrogens with zero attached hydrogens (tertiary/aromatic N) is 4. The number of rotatable bonds is 5. The second kappa shape index (κ2) is 7.35. The van der Waals surface area contributed by atoms with E-state index >= 15 is 0 Å². The molecular weight excluding hydrogens is 314 g/mol. The summed E-state index contributed by atoms with van der Waals surface area (Å²) in [6.45, 7) is 3.26. The van der Waals surface area contributed by atoms with E-state index in [1.165, 1.54) is 18.4 Å². The molecule has 6 heteroatoms. The molecule has 0 bridgehead atoms. The highest BCUT2D eigenvalue weighted by Crippen LogP contribution is 2.20. The van der Waals surface area contributed by atoms with Crippen LogP contribution in [0.2, 0.25) is 0 Å². The van der Waals surface area contributed by atoms with Gasteiger partial charge in [0.25, 0.3) is 0 Å². The van der Waals surface area contributed by atoms with Crippen molar-refractivity contribution in [2.45, 2.75) is 57.8 Å². The van der Waals surface area contributed by atoms with Crippen LogP contribution in [0.3, 0.4) is 0 Å². The monoisotopic (exact) mass is 339 g/mol. The van der Waals surface area contributed by atoms with Gasteiger partial charge in [-0.2, -0.15) is 0 Å². The maximum atomic E-state index is 12.7. The first kappa shape index (κ1) is 16.3. The topological polar surface area (TPSA) is 63.1 Å². The van der Waals surface area contributed by atoms with Crippen molar-refractivity contribution in [2.75, 3.05) is 6.54 Å². The van der Waals surface area contributed by atoms with Crippen molar-refractivity contribution in [2.24, 2.45) is 0 Å². The van der Waals surface area contributed by atoms with Gasteiger partial charge in [0.15, 0.2) is 5.82 Å². The standard InChI is InChI=1S/C19H25N5O/c25-19(20-13-18-22-21-17-10-4-5-12-24(17)18)16-9-6-11-23(16)14-15-7-2-1-3-8-15/h1-3,7-8,16H,4-6,9-14H2,(H,20,25)/t16-/m1/s1. The lowest BCUT2D eigenvalue weighted by molar-refractivity contribution is -0.125. The second-order valence-corrected chi connectivity index (χ2v) is 6.97. The molecule has 1 aromatic carbocycles. The van der Waals surface area contributed by atoms with E-state index < -0.39 is 0 Å². The van der Waals surface area contributed by atoms with Crippen LogP contribution in [0.5, 0.6) is 0 Å². The van der Waals surface area contributed by atoms with E-state index in [-0.39, 0.29) is 11.9 Å². The Bertz CT molecular complexity index is 727. The number of hydrogen-bond donors (Lipinski definition) is 1. The van der Waals surface area contributed by atoms with Crippen LogP contribution >= 0.6 is 0 Å². The summed E-state index contributed by atoms with van der Waals surface area (Å²) in [7, 11) is 0. The molecule has 0 radical (unpaired) electrons. The van der Waals surface area contributed by atoms with Crippen LogP contribution < -0.4 is 5.32 Å². The van der Waals surface area contributed by atoms with Crippen molar-refractivity contribution in [1.82, 2.24) is 25.0 Å². The lowest BCUT2D eigenvalue weighted by Crippen LogP contribution is -2.43. The van der Waals surface area contributed by atoms with Crippen LogP contribution in [-0.4, -0.2) is 38.2 Å². The van der Waals surface area contributed by atoms with Gasteiger partial charge in [0.1, 0.15) is 5.82 Å². The molecule has 3 heterocycles. The van der Waals surface area contributed by atoms with Crippen molar-refractivity contribution in [3.63, 3.8) is 0 Å². The molecule has 6 nitrogen and oxygen atoms in total. The maximum Gasteiger partial charge on any atom is 0.237 e. The Morgan fingerprint density at radius 1 is 1.12 bits per heavy atom. The Labute approximate surface area is 148 Å². The summed E-state index contributed by atoms with van der Waals surface area (Å²) in [5, 5.41) is 11.6. The van der Waals surface area contributed by atoms with Gasteiger partial charge in [-0.25, -0.2) is 0 Å². The van der Waals surface area contributed by atoms with Gasteiger partial charge in [-0.3, -0.25) is 9.69 Å². The third-order valence-electron chi connectivity index (χ3n) is 5.25. The second-order valence-electron chi connectivity index (χ2n) is 6.97. The van der Waals surface area contributed by atoms with Gasteiger partial charge >= 0.3 is 0 Å². The number of carbonyl (C=O) groups excluding carboxylic acids is 1. The predicted molar refractivity (Wildman–Crippen MR) is 94.7 cm³/mol. The first-order chi connectivity index (χ1) is 12.3. The number of carbonyl (C=O) groups is 1. The maximum absolute atomic E-state index is 12.7. The normalized spacial score (nSPS) is 20.4. The lowest BCUT2D eigenvalue weighted by Gasteiger charge is -2.23.